The molecule has 4 nitrogen and oxygen atoms in total. The average Bonchev–Trinajstić information content (AvgIpc) is 2.25. The van der Waals surface area contributed by atoms with Crippen LogP contribution in [0.1, 0.15) is 64.2 Å². The van der Waals surface area contributed by atoms with Gasteiger partial charge in [-0.2, -0.15) is 6.42 Å². The zero-order valence-electron chi connectivity index (χ0n) is 11.4. The van der Waals surface area contributed by atoms with Crippen LogP contribution in [0, 0.1) is 6.42 Å². The molecule has 0 spiro atoms. The summed E-state index contributed by atoms with van der Waals surface area (Å²) in [5, 5.41) is 16.8. The molecule has 0 amide bonds. The largest absolute Gasteiger partial charge is 1.00 e. The second-order valence-corrected chi connectivity index (χ2v) is 4.30. The van der Waals surface area contributed by atoms with E-state index in [1.54, 1.807) is 0 Å². The molecule has 0 aromatic heterocycles. The second kappa shape index (κ2) is 15.5. The second-order valence-electron chi connectivity index (χ2n) is 4.30. The summed E-state index contributed by atoms with van der Waals surface area (Å²) in [5.41, 5.74) is 0. The summed E-state index contributed by atoms with van der Waals surface area (Å²) in [6.45, 7) is 0. The van der Waals surface area contributed by atoms with E-state index in [0.29, 0.717) is 6.42 Å². The number of aliphatic carboxylic acids is 2. The Bertz CT molecular complexity index is 197. The van der Waals surface area contributed by atoms with Gasteiger partial charge in [0.05, 0.1) is 0 Å². The van der Waals surface area contributed by atoms with Gasteiger partial charge in [-0.15, -0.1) is 0 Å². The predicted molar refractivity (Wildman–Crippen MR) is 65.7 cm³/mol. The number of carbonyl (C=O) groups is 2. The third kappa shape index (κ3) is 18.8. The molecular weight excluding hydrogens is 259 g/mol. The van der Waals surface area contributed by atoms with E-state index in [4.69, 9.17) is 10.2 Å². The van der Waals surface area contributed by atoms with Crippen LogP contribution in [-0.2, 0) is 9.59 Å². The Morgan fingerprint density at radius 2 is 1.22 bits per heavy atom. The van der Waals surface area contributed by atoms with E-state index in [1.807, 2.05) is 0 Å². The van der Waals surface area contributed by atoms with Crippen LogP contribution < -0.4 is 51.4 Å². The molecule has 2 N–H and O–H groups in total. The molecule has 5 heteroatoms. The summed E-state index contributed by atoms with van der Waals surface area (Å²) < 4.78 is 0. The van der Waals surface area contributed by atoms with E-state index in [0.717, 1.165) is 44.9 Å². The summed E-state index contributed by atoms with van der Waals surface area (Å²) >= 11 is 0. The predicted octanol–water partition coefficient (Wildman–Crippen LogP) is 0.265. The molecule has 0 aromatic carbocycles. The van der Waals surface area contributed by atoms with Crippen molar-refractivity contribution < 1.29 is 71.2 Å². The Hall–Kier alpha value is 0.446. The molecule has 0 rings (SSSR count). The molecule has 0 saturated carbocycles. The van der Waals surface area contributed by atoms with Crippen molar-refractivity contribution in [2.75, 3.05) is 0 Å². The minimum Gasteiger partial charge on any atom is -0.503 e. The van der Waals surface area contributed by atoms with Gasteiger partial charge in [0.15, 0.2) is 5.97 Å². The molecule has 0 aliphatic rings. The molecule has 0 aliphatic carbocycles. The monoisotopic (exact) mass is 282 g/mol. The molecule has 0 atom stereocenters. The molecule has 0 bridgehead atoms. The van der Waals surface area contributed by atoms with Gasteiger partial charge in [-0.1, -0.05) is 44.9 Å². The average molecular weight is 282 g/mol. The van der Waals surface area contributed by atoms with Crippen LogP contribution in [0.5, 0.6) is 0 Å². The number of hydrogen-bond acceptors (Lipinski definition) is 2. The maximum atomic E-state index is 10.2. The number of unbranched alkanes of at least 4 members (excludes halogenated alkanes) is 8. The maximum absolute atomic E-state index is 10.2. The van der Waals surface area contributed by atoms with Crippen LogP contribution in [-0.4, -0.2) is 22.2 Å². The van der Waals surface area contributed by atoms with Crippen LogP contribution in [0.2, 0.25) is 0 Å². The smallest absolute Gasteiger partial charge is 0.503 e. The SMILES string of the molecule is O=C(O)[CH-]CCCCCCCCCCC(=O)O.[K+]. The summed E-state index contributed by atoms with van der Waals surface area (Å²) in [6, 6.07) is 0. The van der Waals surface area contributed by atoms with Crippen molar-refractivity contribution in [3.63, 3.8) is 0 Å². The van der Waals surface area contributed by atoms with Gasteiger partial charge in [0.2, 0.25) is 0 Å². The molecule has 0 radical (unpaired) electrons. The number of rotatable bonds is 12. The number of carboxylic acids is 2. The van der Waals surface area contributed by atoms with Crippen LogP contribution in [0.3, 0.4) is 0 Å². The fourth-order valence-electron chi connectivity index (χ4n) is 1.71. The summed E-state index contributed by atoms with van der Waals surface area (Å²) in [7, 11) is 0. The Morgan fingerprint density at radius 1 is 0.778 bits per heavy atom. The Labute approximate surface area is 152 Å². The third-order valence-corrected chi connectivity index (χ3v) is 2.66. The van der Waals surface area contributed by atoms with Crippen molar-refractivity contribution in [2.45, 2.75) is 64.2 Å². The van der Waals surface area contributed by atoms with Gasteiger partial charge in [-0.3, -0.25) is 16.0 Å². The van der Waals surface area contributed by atoms with Crippen LogP contribution in [0.25, 0.3) is 0 Å². The van der Waals surface area contributed by atoms with Gasteiger partial charge in [0.1, 0.15) is 0 Å². The molecule has 100 valence electrons. The van der Waals surface area contributed by atoms with Crippen molar-refractivity contribution in [1.29, 1.82) is 0 Å². The molecule has 0 aliphatic heterocycles. The zero-order valence-corrected chi connectivity index (χ0v) is 14.5. The summed E-state index contributed by atoms with van der Waals surface area (Å²) in [6.07, 6.45) is 10.6. The van der Waals surface area contributed by atoms with Crippen molar-refractivity contribution in [3.05, 3.63) is 6.42 Å². The van der Waals surface area contributed by atoms with Crippen molar-refractivity contribution >= 4 is 11.9 Å². The van der Waals surface area contributed by atoms with Crippen molar-refractivity contribution in [2.24, 2.45) is 0 Å². The molecule has 18 heavy (non-hydrogen) atoms. The molecule has 0 saturated heterocycles. The van der Waals surface area contributed by atoms with E-state index in [2.05, 4.69) is 0 Å². The molecule has 0 aromatic rings. The van der Waals surface area contributed by atoms with E-state index >= 15 is 0 Å². The Morgan fingerprint density at radius 3 is 1.67 bits per heavy atom. The van der Waals surface area contributed by atoms with Crippen molar-refractivity contribution in [1.82, 2.24) is 0 Å². The summed E-state index contributed by atoms with van der Waals surface area (Å²) in [4.78, 5) is 20.4. The Balaban J connectivity index is 0. The first-order chi connectivity index (χ1) is 8.13. The first-order valence-electron chi connectivity index (χ1n) is 6.41. The Kier molecular flexibility index (Phi) is 17.9. The van der Waals surface area contributed by atoms with Crippen LogP contribution in [0.15, 0.2) is 0 Å². The van der Waals surface area contributed by atoms with E-state index in [9.17, 15) is 9.59 Å². The first-order valence-corrected chi connectivity index (χ1v) is 6.41. The van der Waals surface area contributed by atoms with Gasteiger partial charge in [0.25, 0.3) is 0 Å². The van der Waals surface area contributed by atoms with E-state index in [1.165, 1.54) is 12.8 Å². The fourth-order valence-corrected chi connectivity index (χ4v) is 1.71. The minimum absolute atomic E-state index is 0. The quantitative estimate of drug-likeness (QED) is 0.306. The van der Waals surface area contributed by atoms with Gasteiger partial charge < -0.3 is 10.2 Å². The van der Waals surface area contributed by atoms with Crippen LogP contribution >= 0.6 is 0 Å². The molecule has 0 fully saturated rings. The topological polar surface area (TPSA) is 74.6 Å². The van der Waals surface area contributed by atoms with E-state index in [-0.39, 0.29) is 57.8 Å². The van der Waals surface area contributed by atoms with Gasteiger partial charge in [-0.25, -0.2) is 0 Å². The van der Waals surface area contributed by atoms with Crippen LogP contribution in [0.4, 0.5) is 0 Å². The van der Waals surface area contributed by atoms with Gasteiger partial charge in [0, 0.05) is 6.42 Å². The van der Waals surface area contributed by atoms with Gasteiger partial charge >= 0.3 is 57.4 Å². The number of hydrogen-bond donors (Lipinski definition) is 2. The minimum atomic E-state index is -0.830. The molecule has 0 heterocycles. The standard InChI is InChI=1S/C13H23O4.K/c14-12(15)10-8-6-4-2-1-3-5-7-9-11-13(16)17;/h10H,1-9,11H2,(H,14,15)(H,16,17);/q-1;+1. The molecular formula is C13H23KO4. The van der Waals surface area contributed by atoms with Gasteiger partial charge in [-0.05, 0) is 6.42 Å². The maximum Gasteiger partial charge on any atom is 1.00 e. The first kappa shape index (κ1) is 20.8. The normalized spacial score (nSPS) is 9.56. The fraction of sp³-hybridized carbons (Fsp3) is 0.769. The van der Waals surface area contributed by atoms with Crippen molar-refractivity contribution in [3.8, 4) is 0 Å². The zero-order chi connectivity index (χ0) is 12.9. The molecule has 0 unspecified atom stereocenters. The third-order valence-electron chi connectivity index (χ3n) is 2.66. The number of carboxylic acid groups (broad SMARTS) is 2. The van der Waals surface area contributed by atoms with E-state index < -0.39 is 11.9 Å². The summed E-state index contributed by atoms with van der Waals surface area (Å²) in [5.74, 6) is -1.54.